The third kappa shape index (κ3) is 5.02. The van der Waals surface area contributed by atoms with E-state index in [1.54, 1.807) is 4.90 Å². The highest BCUT2D eigenvalue weighted by atomic mass is 16.2. The average molecular weight is 242 g/mol. The molecule has 1 rings (SSSR count). The number of likely N-dealkylation sites (N-methyl/N-ethyl adjacent to an activating group) is 2. The molecule has 0 spiro atoms. The van der Waals surface area contributed by atoms with E-state index in [1.165, 1.54) is 0 Å². The van der Waals surface area contributed by atoms with Crippen LogP contribution < -0.4 is 5.73 Å². The highest BCUT2D eigenvalue weighted by molar-refractivity contribution is 5.77. The summed E-state index contributed by atoms with van der Waals surface area (Å²) in [6.45, 7) is 9.43. The van der Waals surface area contributed by atoms with Crippen molar-refractivity contribution in [3.63, 3.8) is 0 Å². The van der Waals surface area contributed by atoms with E-state index in [0.29, 0.717) is 13.1 Å². The van der Waals surface area contributed by atoms with Gasteiger partial charge in [0.05, 0.1) is 6.54 Å². The smallest absolute Gasteiger partial charge is 0.236 e. The molecule has 100 valence electrons. The molecule has 1 aliphatic heterocycles. The highest BCUT2D eigenvalue weighted by Gasteiger charge is 2.19. The lowest BCUT2D eigenvalue weighted by molar-refractivity contribution is -0.131. The zero-order valence-electron chi connectivity index (χ0n) is 11.2. The van der Waals surface area contributed by atoms with Crippen LogP contribution in [0.25, 0.3) is 0 Å². The maximum Gasteiger partial charge on any atom is 0.236 e. The summed E-state index contributed by atoms with van der Waals surface area (Å²) in [7, 11) is 1.86. The van der Waals surface area contributed by atoms with Gasteiger partial charge in [-0.05, 0) is 19.5 Å². The Kier molecular flexibility index (Phi) is 6.47. The Morgan fingerprint density at radius 1 is 1.24 bits per heavy atom. The van der Waals surface area contributed by atoms with Crippen molar-refractivity contribution in [2.75, 3.05) is 59.4 Å². The van der Waals surface area contributed by atoms with Crippen LogP contribution in [0.4, 0.5) is 0 Å². The van der Waals surface area contributed by atoms with Gasteiger partial charge in [-0.2, -0.15) is 0 Å². The first-order chi connectivity index (χ1) is 8.17. The van der Waals surface area contributed by atoms with Crippen molar-refractivity contribution < 1.29 is 4.79 Å². The van der Waals surface area contributed by atoms with Crippen LogP contribution in [0.5, 0.6) is 0 Å². The second-order valence-electron chi connectivity index (χ2n) is 4.67. The molecular formula is C12H26N4O. The number of carbonyl (C=O) groups is 1. The van der Waals surface area contributed by atoms with E-state index in [0.717, 1.165) is 45.7 Å². The van der Waals surface area contributed by atoms with Crippen LogP contribution in [-0.2, 0) is 4.79 Å². The first-order valence-electron chi connectivity index (χ1n) is 6.56. The summed E-state index contributed by atoms with van der Waals surface area (Å²) in [6.07, 6.45) is 0.881. The Bertz CT molecular complexity index is 227. The van der Waals surface area contributed by atoms with Gasteiger partial charge in [-0.1, -0.05) is 6.92 Å². The summed E-state index contributed by atoms with van der Waals surface area (Å²) in [5.74, 6) is 0.211. The Morgan fingerprint density at radius 3 is 2.35 bits per heavy atom. The summed E-state index contributed by atoms with van der Waals surface area (Å²) in [5.41, 5.74) is 5.44. The maximum atomic E-state index is 11.9. The molecule has 1 aliphatic rings. The van der Waals surface area contributed by atoms with Crippen LogP contribution >= 0.6 is 0 Å². The molecular weight excluding hydrogens is 216 g/mol. The minimum absolute atomic E-state index is 0.211. The molecule has 2 N–H and O–H groups in total. The van der Waals surface area contributed by atoms with E-state index in [1.807, 2.05) is 7.05 Å². The molecule has 0 atom stereocenters. The molecule has 17 heavy (non-hydrogen) atoms. The third-order valence-electron chi connectivity index (χ3n) is 3.39. The summed E-state index contributed by atoms with van der Waals surface area (Å²) < 4.78 is 0. The lowest BCUT2D eigenvalue weighted by Gasteiger charge is -2.34. The lowest BCUT2D eigenvalue weighted by atomic mass is 10.3. The molecule has 0 aliphatic carbocycles. The molecule has 5 heteroatoms. The molecule has 0 saturated carbocycles. The third-order valence-corrected chi connectivity index (χ3v) is 3.39. The van der Waals surface area contributed by atoms with Gasteiger partial charge in [-0.3, -0.25) is 9.69 Å². The predicted octanol–water partition coefficient (Wildman–Crippen LogP) is -0.569. The normalized spacial score (nSPS) is 18.3. The number of nitrogens with two attached hydrogens (primary N) is 1. The van der Waals surface area contributed by atoms with Crippen LogP contribution in [0.15, 0.2) is 0 Å². The first kappa shape index (κ1) is 14.4. The number of nitrogens with zero attached hydrogens (tertiary/aromatic N) is 3. The van der Waals surface area contributed by atoms with Gasteiger partial charge < -0.3 is 15.5 Å². The van der Waals surface area contributed by atoms with Crippen LogP contribution in [0.2, 0.25) is 0 Å². The molecule has 1 amide bonds. The molecule has 1 fully saturated rings. The minimum Gasteiger partial charge on any atom is -0.345 e. The zero-order chi connectivity index (χ0) is 12.7. The quantitative estimate of drug-likeness (QED) is 0.678. The Labute approximate surface area is 105 Å². The zero-order valence-corrected chi connectivity index (χ0v) is 11.2. The van der Waals surface area contributed by atoms with E-state index < -0.39 is 0 Å². The van der Waals surface area contributed by atoms with Gasteiger partial charge in [-0.15, -0.1) is 0 Å². The van der Waals surface area contributed by atoms with Crippen molar-refractivity contribution in [2.24, 2.45) is 5.73 Å². The number of carbonyl (C=O) groups excluding carboxylic acids is 1. The number of amides is 1. The van der Waals surface area contributed by atoms with E-state index in [2.05, 4.69) is 16.7 Å². The molecule has 0 aromatic carbocycles. The number of piperazine rings is 1. The second-order valence-corrected chi connectivity index (χ2v) is 4.67. The van der Waals surface area contributed by atoms with E-state index in [4.69, 9.17) is 5.73 Å². The predicted molar refractivity (Wildman–Crippen MR) is 69.9 cm³/mol. The van der Waals surface area contributed by atoms with E-state index >= 15 is 0 Å². The fraction of sp³-hybridized carbons (Fsp3) is 0.917. The molecule has 0 unspecified atom stereocenters. The van der Waals surface area contributed by atoms with Crippen molar-refractivity contribution in [3.05, 3.63) is 0 Å². The minimum atomic E-state index is 0.211. The lowest BCUT2D eigenvalue weighted by Crippen LogP contribution is -2.49. The van der Waals surface area contributed by atoms with E-state index in [9.17, 15) is 4.79 Å². The average Bonchev–Trinajstić information content (AvgIpc) is 2.36. The van der Waals surface area contributed by atoms with E-state index in [-0.39, 0.29) is 5.91 Å². The molecule has 1 heterocycles. The van der Waals surface area contributed by atoms with Gasteiger partial charge in [0.2, 0.25) is 5.91 Å². The van der Waals surface area contributed by atoms with Gasteiger partial charge in [0.25, 0.3) is 0 Å². The maximum absolute atomic E-state index is 11.9. The molecule has 0 aromatic rings. The topological polar surface area (TPSA) is 52.8 Å². The van der Waals surface area contributed by atoms with Crippen molar-refractivity contribution in [1.29, 1.82) is 0 Å². The second kappa shape index (κ2) is 7.63. The van der Waals surface area contributed by atoms with Gasteiger partial charge >= 0.3 is 0 Å². The number of rotatable bonds is 6. The van der Waals surface area contributed by atoms with Crippen molar-refractivity contribution >= 4 is 5.91 Å². The molecule has 5 nitrogen and oxygen atoms in total. The molecule has 1 saturated heterocycles. The summed E-state index contributed by atoms with van der Waals surface area (Å²) in [6, 6.07) is 0. The standard InChI is InChI=1S/C12H26N4O/c1-3-15-7-9-16(10-8-15)11-12(17)14(2)6-4-5-13/h3-11,13H2,1-2H3. The van der Waals surface area contributed by atoms with Gasteiger partial charge in [-0.25, -0.2) is 0 Å². The number of hydrogen-bond donors (Lipinski definition) is 1. The fourth-order valence-electron chi connectivity index (χ4n) is 2.03. The number of hydrogen-bond acceptors (Lipinski definition) is 4. The monoisotopic (exact) mass is 242 g/mol. The summed E-state index contributed by atoms with van der Waals surface area (Å²) in [5, 5.41) is 0. The first-order valence-corrected chi connectivity index (χ1v) is 6.56. The van der Waals surface area contributed by atoms with Gasteiger partial charge in [0, 0.05) is 39.8 Å². The summed E-state index contributed by atoms with van der Waals surface area (Å²) in [4.78, 5) is 18.3. The van der Waals surface area contributed by atoms with Crippen LogP contribution in [-0.4, -0.2) is 80.0 Å². The van der Waals surface area contributed by atoms with Crippen molar-refractivity contribution in [2.45, 2.75) is 13.3 Å². The molecule has 0 bridgehead atoms. The molecule has 0 radical (unpaired) electrons. The fourth-order valence-corrected chi connectivity index (χ4v) is 2.03. The van der Waals surface area contributed by atoms with Crippen LogP contribution in [0, 0.1) is 0 Å². The van der Waals surface area contributed by atoms with Crippen molar-refractivity contribution in [1.82, 2.24) is 14.7 Å². The van der Waals surface area contributed by atoms with Crippen LogP contribution in [0.3, 0.4) is 0 Å². The Hall–Kier alpha value is -0.650. The molecule has 0 aromatic heterocycles. The summed E-state index contributed by atoms with van der Waals surface area (Å²) >= 11 is 0. The SMILES string of the molecule is CCN1CCN(CC(=O)N(C)CCCN)CC1. The Balaban J connectivity index is 2.22. The van der Waals surface area contributed by atoms with Gasteiger partial charge in [0.1, 0.15) is 0 Å². The Morgan fingerprint density at radius 2 is 1.82 bits per heavy atom. The van der Waals surface area contributed by atoms with Crippen LogP contribution in [0.1, 0.15) is 13.3 Å². The van der Waals surface area contributed by atoms with Crippen molar-refractivity contribution in [3.8, 4) is 0 Å². The highest BCUT2D eigenvalue weighted by Crippen LogP contribution is 2.01. The van der Waals surface area contributed by atoms with Gasteiger partial charge in [0.15, 0.2) is 0 Å². The largest absolute Gasteiger partial charge is 0.345 e.